The summed E-state index contributed by atoms with van der Waals surface area (Å²) < 4.78 is 27.9. The Bertz CT molecular complexity index is 1210. The second-order valence-electron chi connectivity index (χ2n) is 7.27. The minimum absolute atomic E-state index is 0.0709. The van der Waals surface area contributed by atoms with Crippen molar-refractivity contribution in [2.75, 3.05) is 11.4 Å². The summed E-state index contributed by atoms with van der Waals surface area (Å²) in [5, 5.41) is 0.589. The normalized spacial score (nSPS) is 13.3. The molecule has 0 aliphatic carbocycles. The van der Waals surface area contributed by atoms with E-state index in [1.54, 1.807) is 54.3 Å². The number of benzene rings is 3. The van der Waals surface area contributed by atoms with Crippen molar-refractivity contribution in [1.82, 2.24) is 4.72 Å². The van der Waals surface area contributed by atoms with Gasteiger partial charge in [0.15, 0.2) is 0 Å². The second kappa shape index (κ2) is 8.22. The number of nitrogens with zero attached hydrogens (tertiary/aromatic N) is 1. The number of carbonyl (C=O) groups excluding carboxylic acids is 1. The van der Waals surface area contributed by atoms with Crippen LogP contribution in [0.15, 0.2) is 71.6 Å². The van der Waals surface area contributed by atoms with Crippen molar-refractivity contribution in [1.29, 1.82) is 0 Å². The standard InChI is InChI=1S/C23H21ClN2O3S/c1-16-4-2-3-5-22(16)30(28,29)25-15-17-6-11-21-19(14-17)12-13-26(21)23(27)18-7-9-20(24)10-8-18/h2-11,14,25H,12-13,15H2,1H3. The highest BCUT2D eigenvalue weighted by molar-refractivity contribution is 7.89. The Labute approximate surface area is 181 Å². The Morgan fingerprint density at radius 2 is 1.80 bits per heavy atom. The lowest BCUT2D eigenvalue weighted by molar-refractivity contribution is 0.0989. The highest BCUT2D eigenvalue weighted by Gasteiger charge is 2.26. The number of nitrogens with one attached hydrogen (secondary N) is 1. The molecule has 0 unspecified atom stereocenters. The average molecular weight is 441 g/mol. The highest BCUT2D eigenvalue weighted by Crippen LogP contribution is 2.30. The van der Waals surface area contributed by atoms with Gasteiger partial charge in [-0.3, -0.25) is 4.79 Å². The lowest BCUT2D eigenvalue weighted by Gasteiger charge is -2.18. The van der Waals surface area contributed by atoms with Crippen molar-refractivity contribution in [3.8, 4) is 0 Å². The van der Waals surface area contributed by atoms with Gasteiger partial charge in [-0.2, -0.15) is 0 Å². The Balaban J connectivity index is 1.49. The zero-order valence-electron chi connectivity index (χ0n) is 16.4. The molecule has 4 rings (SSSR count). The maximum atomic E-state index is 12.8. The summed E-state index contributed by atoms with van der Waals surface area (Å²) in [5.74, 6) is -0.0709. The molecule has 1 heterocycles. The van der Waals surface area contributed by atoms with E-state index in [2.05, 4.69) is 4.72 Å². The highest BCUT2D eigenvalue weighted by atomic mass is 35.5. The maximum absolute atomic E-state index is 12.8. The monoisotopic (exact) mass is 440 g/mol. The molecule has 30 heavy (non-hydrogen) atoms. The predicted octanol–water partition coefficient (Wildman–Crippen LogP) is 4.33. The number of rotatable bonds is 5. The lowest BCUT2D eigenvalue weighted by atomic mass is 10.1. The number of sulfonamides is 1. The van der Waals surface area contributed by atoms with Crippen LogP contribution >= 0.6 is 11.6 Å². The fraction of sp³-hybridized carbons (Fsp3) is 0.174. The molecule has 3 aromatic rings. The first-order chi connectivity index (χ1) is 14.3. The van der Waals surface area contributed by atoms with E-state index in [0.717, 1.165) is 23.2 Å². The number of aryl methyl sites for hydroxylation is 1. The summed E-state index contributed by atoms with van der Waals surface area (Å²) in [6, 6.07) is 19.4. The molecule has 3 aromatic carbocycles. The third-order valence-corrected chi connectivity index (χ3v) is 7.04. The molecule has 1 amide bonds. The summed E-state index contributed by atoms with van der Waals surface area (Å²) in [5.41, 5.74) is 4.04. The van der Waals surface area contributed by atoms with E-state index in [1.165, 1.54) is 0 Å². The van der Waals surface area contributed by atoms with Crippen LogP contribution in [0.2, 0.25) is 5.02 Å². The summed E-state index contributed by atoms with van der Waals surface area (Å²) in [6.07, 6.45) is 0.729. The van der Waals surface area contributed by atoms with E-state index in [1.807, 2.05) is 24.3 Å². The zero-order valence-corrected chi connectivity index (χ0v) is 18.0. The van der Waals surface area contributed by atoms with Crippen LogP contribution in [0.1, 0.15) is 27.0 Å². The quantitative estimate of drug-likeness (QED) is 0.642. The molecule has 0 radical (unpaired) electrons. The zero-order chi connectivity index (χ0) is 21.3. The van der Waals surface area contributed by atoms with E-state index >= 15 is 0 Å². The molecule has 0 atom stereocenters. The first kappa shape index (κ1) is 20.6. The Hall–Kier alpha value is -2.67. The topological polar surface area (TPSA) is 66.5 Å². The van der Waals surface area contributed by atoms with E-state index < -0.39 is 10.0 Å². The molecule has 5 nitrogen and oxygen atoms in total. The van der Waals surface area contributed by atoms with E-state index in [9.17, 15) is 13.2 Å². The number of amides is 1. The largest absolute Gasteiger partial charge is 0.308 e. The molecule has 1 N–H and O–H groups in total. The number of hydrogen-bond donors (Lipinski definition) is 1. The minimum atomic E-state index is -3.59. The third-order valence-electron chi connectivity index (χ3n) is 5.23. The van der Waals surface area contributed by atoms with Gasteiger partial charge in [-0.15, -0.1) is 0 Å². The van der Waals surface area contributed by atoms with Crippen LogP contribution in [0.5, 0.6) is 0 Å². The molecular weight excluding hydrogens is 420 g/mol. The number of fused-ring (bicyclic) bond motifs is 1. The van der Waals surface area contributed by atoms with Gasteiger partial charge < -0.3 is 4.90 Å². The van der Waals surface area contributed by atoms with Crippen molar-refractivity contribution in [3.05, 3.63) is 94.0 Å². The van der Waals surface area contributed by atoms with Crippen molar-refractivity contribution in [2.24, 2.45) is 0 Å². The van der Waals surface area contributed by atoms with Crippen molar-refractivity contribution >= 4 is 33.2 Å². The van der Waals surface area contributed by atoms with Crippen LogP contribution < -0.4 is 9.62 Å². The molecule has 0 fully saturated rings. The molecular formula is C23H21ClN2O3S. The van der Waals surface area contributed by atoms with Crippen molar-refractivity contribution in [3.63, 3.8) is 0 Å². The molecule has 0 spiro atoms. The average Bonchev–Trinajstić information content (AvgIpc) is 3.16. The van der Waals surface area contributed by atoms with Gasteiger partial charge in [0, 0.05) is 29.4 Å². The van der Waals surface area contributed by atoms with Crippen LogP contribution in [-0.2, 0) is 23.0 Å². The first-order valence-electron chi connectivity index (χ1n) is 9.60. The summed E-state index contributed by atoms with van der Waals surface area (Å²) in [6.45, 7) is 2.56. The molecule has 0 saturated heterocycles. The van der Waals surface area contributed by atoms with Gasteiger partial charge in [-0.05, 0) is 66.4 Å². The van der Waals surface area contributed by atoms with Crippen LogP contribution in [0.4, 0.5) is 5.69 Å². The van der Waals surface area contributed by atoms with Gasteiger partial charge in [-0.1, -0.05) is 41.9 Å². The summed E-state index contributed by atoms with van der Waals surface area (Å²) in [7, 11) is -3.59. The minimum Gasteiger partial charge on any atom is -0.308 e. The number of halogens is 1. The van der Waals surface area contributed by atoms with Crippen LogP contribution in [0.25, 0.3) is 0 Å². The molecule has 154 valence electrons. The van der Waals surface area contributed by atoms with Crippen LogP contribution in [0.3, 0.4) is 0 Å². The van der Waals surface area contributed by atoms with Gasteiger partial charge in [-0.25, -0.2) is 13.1 Å². The Morgan fingerprint density at radius 3 is 2.53 bits per heavy atom. The molecule has 0 bridgehead atoms. The SMILES string of the molecule is Cc1ccccc1S(=O)(=O)NCc1ccc2c(c1)CCN2C(=O)c1ccc(Cl)cc1. The van der Waals surface area contributed by atoms with Gasteiger partial charge in [0.1, 0.15) is 0 Å². The van der Waals surface area contributed by atoms with Gasteiger partial charge >= 0.3 is 0 Å². The fourth-order valence-electron chi connectivity index (χ4n) is 3.64. The summed E-state index contributed by atoms with van der Waals surface area (Å²) >= 11 is 5.91. The van der Waals surface area contributed by atoms with Crippen LogP contribution in [0, 0.1) is 6.92 Å². The van der Waals surface area contributed by atoms with Gasteiger partial charge in [0.25, 0.3) is 5.91 Å². The molecule has 0 aromatic heterocycles. The van der Waals surface area contributed by atoms with Gasteiger partial charge in [0.2, 0.25) is 10.0 Å². The van der Waals surface area contributed by atoms with E-state index in [-0.39, 0.29) is 17.3 Å². The van der Waals surface area contributed by atoms with E-state index in [4.69, 9.17) is 11.6 Å². The van der Waals surface area contributed by atoms with E-state index in [0.29, 0.717) is 22.7 Å². The smallest absolute Gasteiger partial charge is 0.258 e. The lowest BCUT2D eigenvalue weighted by Crippen LogP contribution is -2.28. The second-order valence-corrected chi connectivity index (χ2v) is 9.44. The number of carbonyl (C=O) groups is 1. The van der Waals surface area contributed by atoms with Crippen molar-refractivity contribution < 1.29 is 13.2 Å². The molecule has 7 heteroatoms. The number of anilines is 1. The third kappa shape index (κ3) is 4.12. The van der Waals surface area contributed by atoms with Crippen molar-refractivity contribution in [2.45, 2.75) is 24.8 Å². The van der Waals surface area contributed by atoms with Crippen LogP contribution in [-0.4, -0.2) is 20.9 Å². The maximum Gasteiger partial charge on any atom is 0.258 e. The predicted molar refractivity (Wildman–Crippen MR) is 118 cm³/mol. The molecule has 1 aliphatic heterocycles. The molecule has 1 aliphatic rings. The first-order valence-corrected chi connectivity index (χ1v) is 11.5. The Morgan fingerprint density at radius 1 is 1.07 bits per heavy atom. The fourth-order valence-corrected chi connectivity index (χ4v) is 5.03. The van der Waals surface area contributed by atoms with Gasteiger partial charge in [0.05, 0.1) is 4.90 Å². The summed E-state index contributed by atoms with van der Waals surface area (Å²) in [4.78, 5) is 14.9. The number of hydrogen-bond acceptors (Lipinski definition) is 3. The Kier molecular flexibility index (Phi) is 5.64. The molecule has 0 saturated carbocycles.